The highest BCUT2D eigenvalue weighted by Crippen LogP contribution is 2.56. The lowest BCUT2D eigenvalue weighted by Crippen LogP contribution is -2.59. The molecule has 2 aliphatic rings. The van der Waals surface area contributed by atoms with Crippen LogP contribution in [0.5, 0.6) is 0 Å². The van der Waals surface area contributed by atoms with Crippen molar-refractivity contribution in [3.8, 4) is 0 Å². The summed E-state index contributed by atoms with van der Waals surface area (Å²) in [6.07, 6.45) is 2.61. The third-order valence-electron chi connectivity index (χ3n) is 6.79. The summed E-state index contributed by atoms with van der Waals surface area (Å²) in [6.45, 7) is 17.3. The van der Waals surface area contributed by atoms with Crippen molar-refractivity contribution in [2.75, 3.05) is 0 Å². The summed E-state index contributed by atoms with van der Waals surface area (Å²) in [7, 11) is -1.94. The van der Waals surface area contributed by atoms with Crippen LogP contribution in [0.4, 0.5) is 0 Å². The van der Waals surface area contributed by atoms with Crippen molar-refractivity contribution in [1.82, 2.24) is 0 Å². The first-order valence-electron chi connectivity index (χ1n) is 8.12. The van der Waals surface area contributed by atoms with E-state index >= 15 is 0 Å². The maximum absolute atomic E-state index is 13.3. The lowest BCUT2D eigenvalue weighted by atomic mass is 9.55. The van der Waals surface area contributed by atoms with Gasteiger partial charge in [-0.05, 0) is 43.8 Å². The fourth-order valence-corrected chi connectivity index (χ4v) is 6.86. The molecule has 0 aromatic rings. The molecule has 0 spiro atoms. The fraction of sp³-hybridized carbons (Fsp3) is 0.778. The topological polar surface area (TPSA) is 34.1 Å². The molecule has 2 rings (SSSR count). The fourth-order valence-electron chi connectivity index (χ4n) is 4.06. The molecule has 2 atom stereocenters. The number of allylic oxidation sites excluding steroid dienone is 2. The maximum atomic E-state index is 13.3. The van der Waals surface area contributed by atoms with E-state index < -0.39 is 18.9 Å². The molecule has 0 N–H and O–H groups in total. The Morgan fingerprint density at radius 2 is 1.48 bits per heavy atom. The van der Waals surface area contributed by atoms with Crippen molar-refractivity contribution < 1.29 is 9.59 Å². The number of ketones is 2. The predicted molar refractivity (Wildman–Crippen MR) is 90.0 cm³/mol. The van der Waals surface area contributed by atoms with Gasteiger partial charge in [0.1, 0.15) is 0 Å². The SMILES string of the molecule is CC1=C([Si](C)(C)C(C)(C)C)C(=O)[C@]2(C)CCC[C@@]1(C)C2=O. The Hall–Kier alpha value is -0.703. The average molecular weight is 307 g/mol. The minimum atomic E-state index is -1.94. The second kappa shape index (κ2) is 4.40. The van der Waals surface area contributed by atoms with Crippen LogP contribution < -0.4 is 0 Å². The van der Waals surface area contributed by atoms with Crippen molar-refractivity contribution in [3.63, 3.8) is 0 Å². The van der Waals surface area contributed by atoms with E-state index in [4.69, 9.17) is 0 Å². The van der Waals surface area contributed by atoms with Crippen LogP contribution in [-0.4, -0.2) is 19.6 Å². The third kappa shape index (κ3) is 1.96. The third-order valence-corrected chi connectivity index (χ3v) is 12.4. The van der Waals surface area contributed by atoms with Crippen LogP contribution in [-0.2, 0) is 9.59 Å². The molecule has 0 aromatic carbocycles. The minimum absolute atomic E-state index is 0.112. The molecule has 0 aliphatic heterocycles. The Balaban J connectivity index is 2.77. The van der Waals surface area contributed by atoms with Gasteiger partial charge in [0.15, 0.2) is 11.6 Å². The van der Waals surface area contributed by atoms with Gasteiger partial charge in [0.2, 0.25) is 0 Å². The summed E-state index contributed by atoms with van der Waals surface area (Å²) in [4.78, 5) is 26.2. The predicted octanol–water partition coefficient (Wildman–Crippen LogP) is 4.70. The largest absolute Gasteiger partial charge is 0.298 e. The molecule has 0 heterocycles. The van der Waals surface area contributed by atoms with Crippen molar-refractivity contribution in [2.24, 2.45) is 10.8 Å². The molecule has 2 nitrogen and oxygen atoms in total. The molecule has 0 radical (unpaired) electrons. The number of hydrogen-bond acceptors (Lipinski definition) is 2. The van der Waals surface area contributed by atoms with Crippen molar-refractivity contribution in [3.05, 3.63) is 10.8 Å². The van der Waals surface area contributed by atoms with E-state index in [0.717, 1.165) is 30.0 Å². The smallest absolute Gasteiger partial charge is 0.168 e. The molecule has 118 valence electrons. The lowest BCUT2D eigenvalue weighted by molar-refractivity contribution is -0.148. The monoisotopic (exact) mass is 306 g/mol. The van der Waals surface area contributed by atoms with Crippen LogP contribution in [0.15, 0.2) is 10.8 Å². The van der Waals surface area contributed by atoms with Gasteiger partial charge in [0, 0.05) is 5.41 Å². The molecule has 0 amide bonds. The van der Waals surface area contributed by atoms with Gasteiger partial charge in [0.05, 0.1) is 13.5 Å². The molecule has 1 fully saturated rings. The molecule has 0 unspecified atom stereocenters. The van der Waals surface area contributed by atoms with E-state index in [9.17, 15) is 9.59 Å². The summed E-state index contributed by atoms with van der Waals surface area (Å²) < 4.78 is 0. The van der Waals surface area contributed by atoms with Gasteiger partial charge in [-0.1, -0.05) is 45.9 Å². The Morgan fingerprint density at radius 1 is 1.00 bits per heavy atom. The van der Waals surface area contributed by atoms with Gasteiger partial charge in [-0.3, -0.25) is 9.59 Å². The van der Waals surface area contributed by atoms with Crippen LogP contribution in [0.2, 0.25) is 18.1 Å². The number of Topliss-reactive ketones (excluding diaryl/α,β-unsaturated/α-hetero) is 2. The molecule has 2 bridgehead atoms. The van der Waals surface area contributed by atoms with Gasteiger partial charge in [0.25, 0.3) is 0 Å². The van der Waals surface area contributed by atoms with Crippen molar-refractivity contribution in [1.29, 1.82) is 0 Å². The Morgan fingerprint density at radius 3 is 1.95 bits per heavy atom. The zero-order valence-corrected chi connectivity index (χ0v) is 15.9. The van der Waals surface area contributed by atoms with Crippen LogP contribution in [0.25, 0.3) is 0 Å². The number of carbonyl (C=O) groups excluding carboxylic acids is 2. The van der Waals surface area contributed by atoms with E-state index in [0.29, 0.717) is 0 Å². The Labute approximate surface area is 130 Å². The first-order valence-corrected chi connectivity index (χ1v) is 11.1. The maximum Gasteiger partial charge on any atom is 0.168 e. The van der Waals surface area contributed by atoms with Gasteiger partial charge in [-0.25, -0.2) is 0 Å². The zero-order valence-electron chi connectivity index (χ0n) is 14.9. The molecular formula is C18H30O2Si. The number of hydrogen-bond donors (Lipinski definition) is 0. The molecule has 0 aromatic heterocycles. The zero-order chi connectivity index (χ0) is 16.4. The Kier molecular flexibility index (Phi) is 3.50. The second-order valence-corrected chi connectivity index (χ2v) is 14.3. The second-order valence-electron chi connectivity index (χ2n) is 9.05. The normalized spacial score (nSPS) is 34.5. The van der Waals surface area contributed by atoms with E-state index in [1.54, 1.807) is 0 Å². The summed E-state index contributed by atoms with van der Waals surface area (Å²) in [5.74, 6) is 0.319. The molecular weight excluding hydrogens is 276 g/mol. The quantitative estimate of drug-likeness (QED) is 0.520. The highest BCUT2D eigenvalue weighted by Gasteiger charge is 2.60. The summed E-state index contributed by atoms with van der Waals surface area (Å²) in [6, 6.07) is 0. The molecule has 0 saturated heterocycles. The molecule has 3 heteroatoms. The number of fused-ring (bicyclic) bond motifs is 2. The summed E-state index contributed by atoms with van der Waals surface area (Å²) in [5, 5.41) is 1.17. The standard InChI is InChI=1S/C18H30O2Si/c1-12-13(21(7,8)16(2,3)4)14(19)18(6)11-9-10-17(12,5)15(18)20/h9-11H2,1-8H3/t17-,18+/m1/s1. The summed E-state index contributed by atoms with van der Waals surface area (Å²) >= 11 is 0. The van der Waals surface area contributed by atoms with Gasteiger partial charge in [-0.2, -0.15) is 0 Å². The molecule has 1 saturated carbocycles. The van der Waals surface area contributed by atoms with Crippen LogP contribution >= 0.6 is 0 Å². The van der Waals surface area contributed by atoms with Crippen molar-refractivity contribution in [2.45, 2.75) is 78.9 Å². The highest BCUT2D eigenvalue weighted by atomic mass is 28.3. The summed E-state index contributed by atoms with van der Waals surface area (Å²) in [5.41, 5.74) is -0.0929. The number of carbonyl (C=O) groups is 2. The van der Waals surface area contributed by atoms with Gasteiger partial charge >= 0.3 is 0 Å². The van der Waals surface area contributed by atoms with Crippen LogP contribution in [0.1, 0.15) is 60.8 Å². The van der Waals surface area contributed by atoms with E-state index in [-0.39, 0.29) is 16.6 Å². The Bertz CT molecular complexity index is 550. The van der Waals surface area contributed by atoms with Gasteiger partial charge < -0.3 is 0 Å². The lowest BCUT2D eigenvalue weighted by Gasteiger charge is -2.52. The highest BCUT2D eigenvalue weighted by molar-refractivity contribution is 6.91. The van der Waals surface area contributed by atoms with Gasteiger partial charge in [-0.15, -0.1) is 0 Å². The van der Waals surface area contributed by atoms with E-state index in [1.165, 1.54) is 0 Å². The van der Waals surface area contributed by atoms with E-state index in [1.807, 2.05) is 6.92 Å². The van der Waals surface area contributed by atoms with Crippen LogP contribution in [0, 0.1) is 10.8 Å². The molecule has 2 aliphatic carbocycles. The first kappa shape index (κ1) is 16.7. The minimum Gasteiger partial charge on any atom is -0.298 e. The number of rotatable bonds is 1. The van der Waals surface area contributed by atoms with Crippen molar-refractivity contribution >= 4 is 19.6 Å². The first-order chi connectivity index (χ1) is 9.30. The average Bonchev–Trinajstić information content (AvgIpc) is 2.32. The van der Waals surface area contributed by atoms with E-state index in [2.05, 4.69) is 47.7 Å². The molecule has 21 heavy (non-hydrogen) atoms. The van der Waals surface area contributed by atoms with Crippen LogP contribution in [0.3, 0.4) is 0 Å².